The van der Waals surface area contributed by atoms with E-state index in [1.807, 2.05) is 30.3 Å². The van der Waals surface area contributed by atoms with Crippen LogP contribution in [0.25, 0.3) is 10.9 Å². The van der Waals surface area contributed by atoms with E-state index >= 15 is 0 Å². The van der Waals surface area contributed by atoms with Crippen LogP contribution in [0, 0.1) is 0 Å². The molecule has 2 aromatic rings. The van der Waals surface area contributed by atoms with Gasteiger partial charge in [0, 0.05) is 28.7 Å². The molecule has 0 bridgehead atoms. The van der Waals surface area contributed by atoms with E-state index in [0.29, 0.717) is 0 Å². The van der Waals surface area contributed by atoms with Gasteiger partial charge >= 0.3 is 0 Å². The molecule has 62 valence electrons. The van der Waals surface area contributed by atoms with Gasteiger partial charge in [-0.25, -0.2) is 0 Å². The van der Waals surface area contributed by atoms with Gasteiger partial charge in [-0.2, -0.15) is 0 Å². The zero-order chi connectivity index (χ0) is 7.68. The van der Waals surface area contributed by atoms with Crippen molar-refractivity contribution in [1.29, 1.82) is 0 Å². The summed E-state index contributed by atoms with van der Waals surface area (Å²) in [5.41, 5.74) is 0.837. The second kappa shape index (κ2) is 3.57. The van der Waals surface area contributed by atoms with E-state index in [0.717, 1.165) is 10.9 Å². The van der Waals surface area contributed by atoms with Crippen LogP contribution in [-0.4, -0.2) is 4.98 Å². The van der Waals surface area contributed by atoms with Crippen LogP contribution in [0.4, 0.5) is 0 Å². The predicted octanol–water partition coefficient (Wildman–Crippen LogP) is 1.53. The summed E-state index contributed by atoms with van der Waals surface area (Å²) < 4.78 is 0. The number of para-hydroxylation sites is 1. The standard InChI is InChI=1S/C9H7NO.Fe/c11-9-6-5-7-3-1-2-4-8(7)10-9;/h1-6H,(H,10,11);. The van der Waals surface area contributed by atoms with Crippen LogP contribution in [-0.2, 0) is 17.1 Å². The number of H-pyrrole nitrogens is 1. The molecule has 0 aliphatic rings. The van der Waals surface area contributed by atoms with Crippen LogP contribution < -0.4 is 5.56 Å². The van der Waals surface area contributed by atoms with Gasteiger partial charge in [-0.3, -0.25) is 4.79 Å². The fourth-order valence-electron chi connectivity index (χ4n) is 1.10. The summed E-state index contributed by atoms with van der Waals surface area (Å²) in [5, 5.41) is 1.06. The molecule has 0 amide bonds. The van der Waals surface area contributed by atoms with Crippen molar-refractivity contribution in [3.63, 3.8) is 0 Å². The van der Waals surface area contributed by atoms with Crippen molar-refractivity contribution >= 4 is 10.9 Å². The fourth-order valence-corrected chi connectivity index (χ4v) is 1.10. The second-order valence-electron chi connectivity index (χ2n) is 2.41. The third-order valence-corrected chi connectivity index (χ3v) is 1.63. The second-order valence-corrected chi connectivity index (χ2v) is 2.41. The number of pyridine rings is 1. The van der Waals surface area contributed by atoms with E-state index in [2.05, 4.69) is 4.98 Å². The number of fused-ring (bicyclic) bond motifs is 1. The van der Waals surface area contributed by atoms with Crippen molar-refractivity contribution in [3.8, 4) is 0 Å². The summed E-state index contributed by atoms with van der Waals surface area (Å²) in [5.74, 6) is 0. The van der Waals surface area contributed by atoms with Gasteiger partial charge in [0.1, 0.15) is 0 Å². The van der Waals surface area contributed by atoms with Crippen molar-refractivity contribution in [2.45, 2.75) is 0 Å². The molecule has 1 aromatic heterocycles. The van der Waals surface area contributed by atoms with Crippen LogP contribution in [0.5, 0.6) is 0 Å². The Morgan fingerprint density at radius 2 is 1.75 bits per heavy atom. The Morgan fingerprint density at radius 1 is 1.00 bits per heavy atom. The van der Waals surface area contributed by atoms with Gasteiger partial charge in [0.15, 0.2) is 0 Å². The van der Waals surface area contributed by atoms with Gasteiger partial charge in [-0.05, 0) is 17.5 Å². The fraction of sp³-hybridized carbons (Fsp3) is 0. The maximum atomic E-state index is 10.8. The number of aromatic nitrogens is 1. The minimum atomic E-state index is -0.0521. The predicted molar refractivity (Wildman–Crippen MR) is 44.6 cm³/mol. The van der Waals surface area contributed by atoms with Crippen molar-refractivity contribution in [2.24, 2.45) is 0 Å². The van der Waals surface area contributed by atoms with Crippen molar-refractivity contribution in [3.05, 3.63) is 46.8 Å². The first-order valence-electron chi connectivity index (χ1n) is 3.44. The molecule has 0 radical (unpaired) electrons. The Labute approximate surface area is 80.1 Å². The molecular weight excluding hydrogens is 194 g/mol. The Kier molecular flexibility index (Phi) is 2.69. The van der Waals surface area contributed by atoms with Crippen molar-refractivity contribution in [1.82, 2.24) is 4.98 Å². The van der Waals surface area contributed by atoms with E-state index in [9.17, 15) is 4.79 Å². The first-order chi connectivity index (χ1) is 5.36. The maximum Gasteiger partial charge on any atom is 0.248 e. The summed E-state index contributed by atoms with van der Waals surface area (Å²) in [6, 6.07) is 11.0. The van der Waals surface area contributed by atoms with Crippen LogP contribution in [0.15, 0.2) is 41.2 Å². The summed E-state index contributed by atoms with van der Waals surface area (Å²) in [4.78, 5) is 13.6. The van der Waals surface area contributed by atoms with Crippen molar-refractivity contribution in [2.75, 3.05) is 0 Å². The molecule has 0 spiro atoms. The molecule has 0 unspecified atom stereocenters. The Balaban J connectivity index is 0.000000720. The number of hydrogen-bond acceptors (Lipinski definition) is 1. The van der Waals surface area contributed by atoms with E-state index < -0.39 is 0 Å². The van der Waals surface area contributed by atoms with Crippen LogP contribution in [0.1, 0.15) is 0 Å². The monoisotopic (exact) mass is 201 g/mol. The average Bonchev–Trinajstić information content (AvgIpc) is 2.04. The number of benzene rings is 1. The van der Waals surface area contributed by atoms with Crippen LogP contribution in [0.3, 0.4) is 0 Å². The SMILES string of the molecule is O=c1ccc2ccccc2[nH]1.[Fe]. The van der Waals surface area contributed by atoms with E-state index in [4.69, 9.17) is 0 Å². The van der Waals surface area contributed by atoms with Crippen molar-refractivity contribution < 1.29 is 17.1 Å². The van der Waals surface area contributed by atoms with Gasteiger partial charge in [-0.1, -0.05) is 18.2 Å². The molecule has 1 N–H and O–H groups in total. The molecule has 0 aliphatic heterocycles. The number of rotatable bonds is 0. The van der Waals surface area contributed by atoms with Gasteiger partial charge in [0.25, 0.3) is 0 Å². The third kappa shape index (κ3) is 1.58. The molecule has 0 saturated carbocycles. The molecule has 12 heavy (non-hydrogen) atoms. The maximum absolute atomic E-state index is 10.8. The summed E-state index contributed by atoms with van der Waals surface area (Å²) in [7, 11) is 0. The molecule has 0 saturated heterocycles. The molecular formula is C9H7FeNO. The van der Waals surface area contributed by atoms with Gasteiger partial charge in [0.05, 0.1) is 0 Å². The smallest absolute Gasteiger partial charge is 0.248 e. The molecule has 0 fully saturated rings. The van der Waals surface area contributed by atoms with E-state index in [1.54, 1.807) is 0 Å². The number of nitrogens with one attached hydrogen (secondary N) is 1. The first-order valence-corrected chi connectivity index (χ1v) is 3.44. The molecule has 0 aliphatic carbocycles. The zero-order valence-electron chi connectivity index (χ0n) is 6.23. The zero-order valence-corrected chi connectivity index (χ0v) is 7.33. The summed E-state index contributed by atoms with van der Waals surface area (Å²) in [6.07, 6.45) is 0. The molecule has 3 heteroatoms. The van der Waals surface area contributed by atoms with Crippen LogP contribution in [0.2, 0.25) is 0 Å². The topological polar surface area (TPSA) is 32.9 Å². The first kappa shape index (κ1) is 9.04. The summed E-state index contributed by atoms with van der Waals surface area (Å²) in [6.45, 7) is 0. The third-order valence-electron chi connectivity index (χ3n) is 1.63. The Morgan fingerprint density at radius 3 is 2.58 bits per heavy atom. The Hall–Kier alpha value is -1.05. The number of aromatic amines is 1. The van der Waals surface area contributed by atoms with Gasteiger partial charge < -0.3 is 4.98 Å². The van der Waals surface area contributed by atoms with E-state index in [-0.39, 0.29) is 22.6 Å². The van der Waals surface area contributed by atoms with Gasteiger partial charge in [0.2, 0.25) is 5.56 Å². The average molecular weight is 201 g/mol. The molecule has 0 atom stereocenters. The molecule has 1 aromatic carbocycles. The Bertz CT molecular complexity index is 435. The summed E-state index contributed by atoms with van der Waals surface area (Å²) >= 11 is 0. The molecule has 1 heterocycles. The minimum absolute atomic E-state index is 0. The van der Waals surface area contributed by atoms with E-state index in [1.165, 1.54) is 6.07 Å². The minimum Gasteiger partial charge on any atom is -0.322 e. The molecule has 2 nitrogen and oxygen atoms in total. The normalized spacial score (nSPS) is 9.33. The molecule has 2 rings (SSSR count). The van der Waals surface area contributed by atoms with Gasteiger partial charge in [-0.15, -0.1) is 0 Å². The number of hydrogen-bond donors (Lipinski definition) is 1. The quantitative estimate of drug-likeness (QED) is 0.644. The van der Waals surface area contributed by atoms with Crippen LogP contribution >= 0.6 is 0 Å². The largest absolute Gasteiger partial charge is 0.322 e.